The second-order valence-electron chi connectivity index (χ2n) is 12.0. The number of amides is 1. The molecule has 2 fully saturated rings. The fourth-order valence-electron chi connectivity index (χ4n) is 5.58. The zero-order valence-corrected chi connectivity index (χ0v) is 26.6. The highest BCUT2D eigenvalue weighted by Gasteiger charge is 2.34. The number of nitrogens with two attached hydrogens (primary N) is 2. The van der Waals surface area contributed by atoms with Crippen LogP contribution in [0, 0.1) is 0 Å². The molecule has 1 atom stereocenters. The van der Waals surface area contributed by atoms with Crippen molar-refractivity contribution in [1.82, 2.24) is 29.9 Å². The van der Waals surface area contributed by atoms with Crippen LogP contribution in [-0.2, 0) is 31.1 Å². The van der Waals surface area contributed by atoms with Crippen LogP contribution in [0.5, 0.6) is 0 Å². The summed E-state index contributed by atoms with van der Waals surface area (Å²) >= 11 is 0. The topological polar surface area (TPSA) is 128 Å². The van der Waals surface area contributed by atoms with Crippen molar-refractivity contribution in [3.05, 3.63) is 89.4 Å². The first kappa shape index (κ1) is 34.0. The third-order valence-corrected chi connectivity index (χ3v) is 8.42. The third-order valence-electron chi connectivity index (χ3n) is 8.42. The van der Waals surface area contributed by atoms with Crippen molar-refractivity contribution >= 4 is 11.7 Å². The summed E-state index contributed by atoms with van der Waals surface area (Å²) in [6.07, 6.45) is 1.95. The summed E-state index contributed by atoms with van der Waals surface area (Å²) in [6.45, 7) is 6.04. The van der Waals surface area contributed by atoms with Crippen molar-refractivity contribution in [3.8, 4) is 22.3 Å². The van der Waals surface area contributed by atoms with Gasteiger partial charge in [-0.25, -0.2) is 4.98 Å². The van der Waals surface area contributed by atoms with Gasteiger partial charge in [-0.2, -0.15) is 18.3 Å². The molecular weight excluding hydrogens is 609 g/mol. The molecule has 0 radical (unpaired) electrons. The fraction of sp³-hybridized carbons (Fsp3) is 0.382. The number of ether oxygens (including phenoxy) is 1. The summed E-state index contributed by atoms with van der Waals surface area (Å²) < 4.78 is 49.0. The molecule has 47 heavy (non-hydrogen) atoms. The number of piperazine rings is 1. The number of pyridine rings is 1. The number of alkyl halides is 3. The van der Waals surface area contributed by atoms with Crippen molar-refractivity contribution in [1.29, 1.82) is 0 Å². The Kier molecular flexibility index (Phi) is 10.9. The van der Waals surface area contributed by atoms with E-state index in [1.807, 2.05) is 44.6 Å². The Bertz CT molecular complexity index is 1640. The van der Waals surface area contributed by atoms with Crippen molar-refractivity contribution in [2.45, 2.75) is 31.9 Å². The third kappa shape index (κ3) is 9.16. The number of rotatable bonds is 8. The lowest BCUT2D eigenvalue weighted by Crippen LogP contribution is -2.44. The molecule has 250 valence electrons. The van der Waals surface area contributed by atoms with Crippen LogP contribution < -0.4 is 16.8 Å². The Morgan fingerprint density at radius 3 is 2.32 bits per heavy atom. The second-order valence-corrected chi connectivity index (χ2v) is 12.0. The van der Waals surface area contributed by atoms with E-state index in [1.165, 1.54) is 6.07 Å². The van der Waals surface area contributed by atoms with Crippen LogP contribution in [0.2, 0.25) is 0 Å². The molecule has 4 heterocycles. The van der Waals surface area contributed by atoms with Crippen LogP contribution in [0.15, 0.2) is 67.1 Å². The summed E-state index contributed by atoms with van der Waals surface area (Å²) in [5.41, 5.74) is 14.8. The van der Waals surface area contributed by atoms with E-state index in [1.54, 1.807) is 35.3 Å². The highest BCUT2D eigenvalue weighted by Crippen LogP contribution is 2.36. The summed E-state index contributed by atoms with van der Waals surface area (Å²) in [6, 6.07) is 14.0. The fourth-order valence-corrected chi connectivity index (χ4v) is 5.58. The molecule has 4 aromatic rings. The Balaban J connectivity index is 0.000000227. The van der Waals surface area contributed by atoms with Gasteiger partial charge >= 0.3 is 6.18 Å². The molecule has 0 spiro atoms. The zero-order chi connectivity index (χ0) is 33.6. The minimum Gasteiger partial charge on any atom is -0.383 e. The van der Waals surface area contributed by atoms with Crippen molar-refractivity contribution < 1.29 is 22.7 Å². The SMILES string of the molecule is CN1CCN(Cc2ccc(-c3ccc(COC4CCNC4)cc3)cc2C(F)(F)F)CC1.Cn1cc(-c2cnc(N)c(C(N)=O)c2)cn1. The van der Waals surface area contributed by atoms with Crippen molar-refractivity contribution in [2.24, 2.45) is 12.8 Å². The van der Waals surface area contributed by atoms with Crippen LogP contribution in [0.1, 0.15) is 33.5 Å². The second kappa shape index (κ2) is 15.1. The molecule has 2 aromatic carbocycles. The molecule has 2 aliphatic rings. The monoisotopic (exact) mass is 650 g/mol. The summed E-state index contributed by atoms with van der Waals surface area (Å²) in [4.78, 5) is 19.3. The first-order chi connectivity index (χ1) is 22.5. The molecule has 2 aromatic heterocycles. The number of benzene rings is 2. The molecule has 2 aliphatic heterocycles. The van der Waals surface area contributed by atoms with Gasteiger partial charge in [-0.3, -0.25) is 14.4 Å². The summed E-state index contributed by atoms with van der Waals surface area (Å²) in [7, 11) is 3.85. The van der Waals surface area contributed by atoms with E-state index in [0.717, 1.165) is 67.9 Å². The number of nitrogens with zero attached hydrogens (tertiary/aromatic N) is 5. The maximum Gasteiger partial charge on any atom is 0.416 e. The summed E-state index contributed by atoms with van der Waals surface area (Å²) in [5, 5.41) is 7.30. The molecule has 10 nitrogen and oxygen atoms in total. The number of nitrogen functional groups attached to an aromatic ring is 1. The van der Waals surface area contributed by atoms with E-state index in [9.17, 15) is 18.0 Å². The van der Waals surface area contributed by atoms with Crippen LogP contribution in [0.25, 0.3) is 22.3 Å². The first-order valence-corrected chi connectivity index (χ1v) is 15.5. The minimum absolute atomic E-state index is 0.139. The summed E-state index contributed by atoms with van der Waals surface area (Å²) in [5.74, 6) is -0.448. The van der Waals surface area contributed by atoms with E-state index in [4.69, 9.17) is 16.2 Å². The van der Waals surface area contributed by atoms with E-state index in [2.05, 4.69) is 25.2 Å². The lowest BCUT2D eigenvalue weighted by Gasteiger charge is -2.33. The van der Waals surface area contributed by atoms with Gasteiger partial charge in [0, 0.05) is 69.8 Å². The molecule has 5 N–H and O–H groups in total. The lowest BCUT2D eigenvalue weighted by molar-refractivity contribution is -0.138. The van der Waals surface area contributed by atoms with Gasteiger partial charge in [-0.1, -0.05) is 36.4 Å². The molecular formula is C34H41F3N8O2. The Hall–Kier alpha value is -4.30. The first-order valence-electron chi connectivity index (χ1n) is 15.5. The van der Waals surface area contributed by atoms with Gasteiger partial charge in [0.15, 0.2) is 0 Å². The normalized spacial score (nSPS) is 17.3. The standard InChI is InChI=1S/C24H30F3N3O.C10H11N5O/c1-29-10-12-30(13-11-29)16-21-7-6-20(14-23(21)24(25,26)27)19-4-2-18(3-5-19)17-31-22-8-9-28-15-22;1-15-5-7(4-14-15)6-2-8(10(12)16)9(11)13-3-6/h2-7,14,22,28H,8-13,15-17H2,1H3;2-5H,1H3,(H2,11,13)(H2,12,16). The average Bonchev–Trinajstić information content (AvgIpc) is 3.74. The van der Waals surface area contributed by atoms with Gasteiger partial charge in [0.25, 0.3) is 5.91 Å². The number of halogens is 3. The number of aromatic nitrogens is 3. The van der Waals surface area contributed by atoms with Crippen LogP contribution in [0.4, 0.5) is 19.0 Å². The number of nitrogens with one attached hydrogen (secondary N) is 1. The highest BCUT2D eigenvalue weighted by atomic mass is 19.4. The number of anilines is 1. The Morgan fingerprint density at radius 1 is 0.979 bits per heavy atom. The molecule has 13 heteroatoms. The van der Waals surface area contributed by atoms with Gasteiger partial charge in [-0.15, -0.1) is 0 Å². The predicted molar refractivity (Wildman–Crippen MR) is 175 cm³/mol. The molecule has 0 bridgehead atoms. The number of carbonyl (C=O) groups is 1. The van der Waals surface area contributed by atoms with E-state index in [-0.39, 0.29) is 17.5 Å². The van der Waals surface area contributed by atoms with Gasteiger partial charge < -0.3 is 26.4 Å². The Labute approximate surface area is 272 Å². The highest BCUT2D eigenvalue weighted by molar-refractivity contribution is 5.98. The minimum atomic E-state index is -4.37. The van der Waals surface area contributed by atoms with Crippen LogP contribution >= 0.6 is 0 Å². The number of aryl methyl sites for hydroxylation is 1. The number of likely N-dealkylation sites (N-methyl/N-ethyl adjacent to an activating group) is 1. The van der Waals surface area contributed by atoms with Gasteiger partial charge in [0.2, 0.25) is 0 Å². The maximum absolute atomic E-state index is 13.8. The molecule has 2 saturated heterocycles. The number of hydrogen-bond donors (Lipinski definition) is 3. The van der Waals surface area contributed by atoms with Crippen molar-refractivity contribution in [3.63, 3.8) is 0 Å². The molecule has 0 saturated carbocycles. The number of carbonyl (C=O) groups excluding carboxylic acids is 1. The van der Waals surface area contributed by atoms with Crippen molar-refractivity contribution in [2.75, 3.05) is 52.0 Å². The lowest BCUT2D eigenvalue weighted by atomic mass is 9.97. The number of hydrogen-bond acceptors (Lipinski definition) is 8. The molecule has 6 rings (SSSR count). The van der Waals surface area contributed by atoms with Crippen LogP contribution in [0.3, 0.4) is 0 Å². The van der Waals surface area contributed by atoms with Gasteiger partial charge in [0.05, 0.1) is 30.0 Å². The van der Waals surface area contributed by atoms with E-state index < -0.39 is 17.6 Å². The smallest absolute Gasteiger partial charge is 0.383 e. The van der Waals surface area contributed by atoms with Gasteiger partial charge in [0.1, 0.15) is 5.82 Å². The van der Waals surface area contributed by atoms with E-state index in [0.29, 0.717) is 24.3 Å². The quantitative estimate of drug-likeness (QED) is 0.260. The Morgan fingerprint density at radius 2 is 1.70 bits per heavy atom. The largest absolute Gasteiger partial charge is 0.416 e. The molecule has 1 unspecified atom stereocenters. The maximum atomic E-state index is 13.8. The molecule has 1 amide bonds. The predicted octanol–water partition coefficient (Wildman–Crippen LogP) is 4.16. The van der Waals surface area contributed by atoms with Crippen LogP contribution in [-0.4, -0.2) is 82.9 Å². The number of primary amides is 1. The average molecular weight is 651 g/mol. The zero-order valence-electron chi connectivity index (χ0n) is 26.6. The van der Waals surface area contributed by atoms with Gasteiger partial charge in [-0.05, 0) is 54.4 Å². The van der Waals surface area contributed by atoms with E-state index >= 15 is 0 Å². The molecule has 0 aliphatic carbocycles.